The first-order valence-corrected chi connectivity index (χ1v) is 5.14. The number of carbonyl (C=O) groups excluding carboxylic acids is 1. The summed E-state index contributed by atoms with van der Waals surface area (Å²) in [6.07, 6.45) is 3.45. The van der Waals surface area contributed by atoms with Crippen LogP contribution in [-0.2, 0) is 20.9 Å². The Balaban J connectivity index is 2.19. The molecule has 0 spiro atoms. The van der Waals surface area contributed by atoms with Crippen LogP contribution in [0.5, 0.6) is 0 Å². The predicted molar refractivity (Wildman–Crippen MR) is 58.3 cm³/mol. The Hall–Kier alpha value is -1.89. The monoisotopic (exact) mass is 241 g/mol. The predicted octanol–water partition coefficient (Wildman–Crippen LogP) is -0.511. The zero-order valence-corrected chi connectivity index (χ0v) is 9.50. The van der Waals surface area contributed by atoms with Gasteiger partial charge in [0.1, 0.15) is 13.2 Å². The maximum Gasteiger partial charge on any atom is 0.329 e. The molecule has 0 saturated carbocycles. The number of hydrogen-bond donors (Lipinski definition) is 2. The normalized spacial score (nSPS) is 12.1. The molecule has 1 unspecified atom stereocenters. The van der Waals surface area contributed by atoms with Gasteiger partial charge in [0.25, 0.3) is 0 Å². The average molecular weight is 241 g/mol. The molecular formula is C10H15N3O4. The van der Waals surface area contributed by atoms with Crippen LogP contribution in [0.2, 0.25) is 0 Å². The van der Waals surface area contributed by atoms with Crippen molar-refractivity contribution >= 4 is 11.9 Å². The fourth-order valence-electron chi connectivity index (χ4n) is 1.28. The summed E-state index contributed by atoms with van der Waals surface area (Å²) in [5, 5.41) is 15.0. The number of amides is 1. The average Bonchev–Trinajstić information content (AvgIpc) is 2.69. The van der Waals surface area contributed by atoms with E-state index >= 15 is 0 Å². The molecule has 1 heterocycles. The molecule has 0 aromatic carbocycles. The van der Waals surface area contributed by atoms with Gasteiger partial charge in [-0.05, 0) is 13.0 Å². The van der Waals surface area contributed by atoms with Crippen molar-refractivity contribution in [2.24, 2.45) is 0 Å². The van der Waals surface area contributed by atoms with E-state index in [0.29, 0.717) is 6.54 Å². The molecule has 1 aromatic rings. The molecule has 1 rings (SSSR count). The quantitative estimate of drug-likeness (QED) is 0.670. The van der Waals surface area contributed by atoms with Crippen LogP contribution < -0.4 is 5.32 Å². The number of aliphatic carboxylic acids is 1. The van der Waals surface area contributed by atoms with Crippen molar-refractivity contribution in [2.75, 3.05) is 13.2 Å². The van der Waals surface area contributed by atoms with Crippen LogP contribution in [-0.4, -0.2) is 46.0 Å². The summed E-state index contributed by atoms with van der Waals surface area (Å²) in [7, 11) is 0. The van der Waals surface area contributed by atoms with E-state index < -0.39 is 12.6 Å². The third-order valence-corrected chi connectivity index (χ3v) is 1.89. The van der Waals surface area contributed by atoms with Crippen LogP contribution in [0.25, 0.3) is 0 Å². The Labute approximate surface area is 98.4 Å². The third kappa shape index (κ3) is 5.67. The Morgan fingerprint density at radius 3 is 2.88 bits per heavy atom. The fraction of sp³-hybridized carbons (Fsp3) is 0.500. The number of carboxylic acid groups (broad SMARTS) is 1. The van der Waals surface area contributed by atoms with E-state index in [2.05, 4.69) is 15.2 Å². The topological polar surface area (TPSA) is 93.5 Å². The Bertz CT molecular complexity index is 364. The number of carbonyl (C=O) groups is 2. The van der Waals surface area contributed by atoms with Gasteiger partial charge in [0.15, 0.2) is 0 Å². The highest BCUT2D eigenvalue weighted by Crippen LogP contribution is 1.90. The molecule has 1 atom stereocenters. The van der Waals surface area contributed by atoms with E-state index in [-0.39, 0.29) is 18.6 Å². The minimum Gasteiger partial charge on any atom is -0.480 e. The van der Waals surface area contributed by atoms with E-state index in [1.807, 2.05) is 6.92 Å². The second kappa shape index (κ2) is 6.64. The molecule has 7 heteroatoms. The second-order valence-electron chi connectivity index (χ2n) is 3.58. The molecule has 0 bridgehead atoms. The van der Waals surface area contributed by atoms with E-state index in [4.69, 9.17) is 5.11 Å². The van der Waals surface area contributed by atoms with Gasteiger partial charge in [-0.15, -0.1) is 0 Å². The molecule has 17 heavy (non-hydrogen) atoms. The van der Waals surface area contributed by atoms with Crippen molar-refractivity contribution < 1.29 is 19.4 Å². The molecule has 94 valence electrons. The lowest BCUT2D eigenvalue weighted by Crippen LogP contribution is -2.38. The van der Waals surface area contributed by atoms with Gasteiger partial charge in [-0.25, -0.2) is 4.79 Å². The number of rotatable bonds is 7. The van der Waals surface area contributed by atoms with Crippen LogP contribution in [0.1, 0.15) is 6.92 Å². The number of nitrogens with one attached hydrogen (secondary N) is 1. The van der Waals surface area contributed by atoms with E-state index in [1.54, 1.807) is 23.1 Å². The highest BCUT2D eigenvalue weighted by Gasteiger charge is 2.08. The molecule has 0 radical (unpaired) electrons. The molecule has 0 aliphatic carbocycles. The zero-order valence-electron chi connectivity index (χ0n) is 9.50. The lowest BCUT2D eigenvalue weighted by atomic mass is 10.3. The Morgan fingerprint density at radius 2 is 2.29 bits per heavy atom. The van der Waals surface area contributed by atoms with Gasteiger partial charge in [-0.2, -0.15) is 5.10 Å². The lowest BCUT2D eigenvalue weighted by molar-refractivity contribution is -0.143. The molecule has 1 aromatic heterocycles. The number of carboxylic acids is 1. The highest BCUT2D eigenvalue weighted by atomic mass is 16.5. The largest absolute Gasteiger partial charge is 0.480 e. The number of ether oxygens (including phenoxy) is 1. The van der Waals surface area contributed by atoms with Crippen molar-refractivity contribution in [3.8, 4) is 0 Å². The van der Waals surface area contributed by atoms with Gasteiger partial charge in [0, 0.05) is 18.4 Å². The summed E-state index contributed by atoms with van der Waals surface area (Å²) >= 11 is 0. The van der Waals surface area contributed by atoms with Crippen LogP contribution in [0, 0.1) is 0 Å². The highest BCUT2D eigenvalue weighted by molar-refractivity contribution is 5.78. The van der Waals surface area contributed by atoms with Gasteiger partial charge in [-0.1, -0.05) is 0 Å². The molecule has 0 fully saturated rings. The van der Waals surface area contributed by atoms with Crippen molar-refractivity contribution in [1.82, 2.24) is 15.1 Å². The SMILES string of the molecule is CC(Cn1cccn1)NC(=O)COCC(=O)O. The minimum atomic E-state index is -1.10. The van der Waals surface area contributed by atoms with Crippen molar-refractivity contribution in [3.05, 3.63) is 18.5 Å². The fourth-order valence-corrected chi connectivity index (χ4v) is 1.28. The smallest absolute Gasteiger partial charge is 0.329 e. The maximum absolute atomic E-state index is 11.3. The molecule has 0 saturated heterocycles. The van der Waals surface area contributed by atoms with Gasteiger partial charge in [0.05, 0.1) is 6.54 Å². The standard InChI is InChI=1S/C10H15N3O4/c1-8(5-13-4-2-3-11-13)12-9(14)6-17-7-10(15)16/h2-4,8H,5-7H2,1H3,(H,12,14)(H,15,16). The van der Waals surface area contributed by atoms with Crippen LogP contribution in [0.4, 0.5) is 0 Å². The molecule has 1 amide bonds. The molecule has 0 aliphatic heterocycles. The van der Waals surface area contributed by atoms with Crippen molar-refractivity contribution in [1.29, 1.82) is 0 Å². The van der Waals surface area contributed by atoms with Crippen LogP contribution in [0.3, 0.4) is 0 Å². The third-order valence-electron chi connectivity index (χ3n) is 1.89. The van der Waals surface area contributed by atoms with Crippen molar-refractivity contribution in [2.45, 2.75) is 19.5 Å². The molecular weight excluding hydrogens is 226 g/mol. The zero-order chi connectivity index (χ0) is 12.7. The first-order valence-electron chi connectivity index (χ1n) is 5.14. The summed E-state index contributed by atoms with van der Waals surface area (Å²) in [6.45, 7) is 1.66. The summed E-state index contributed by atoms with van der Waals surface area (Å²) in [5.74, 6) is -1.44. The Kier molecular flexibility index (Phi) is 5.15. The molecule has 7 nitrogen and oxygen atoms in total. The van der Waals surface area contributed by atoms with Gasteiger partial charge < -0.3 is 15.2 Å². The van der Waals surface area contributed by atoms with E-state index in [9.17, 15) is 9.59 Å². The number of nitrogens with zero attached hydrogens (tertiary/aromatic N) is 2. The lowest BCUT2D eigenvalue weighted by Gasteiger charge is -2.13. The molecule has 2 N–H and O–H groups in total. The first kappa shape index (κ1) is 13.2. The van der Waals surface area contributed by atoms with Crippen molar-refractivity contribution in [3.63, 3.8) is 0 Å². The van der Waals surface area contributed by atoms with E-state index in [1.165, 1.54) is 0 Å². The summed E-state index contributed by atoms with van der Waals surface area (Å²) < 4.78 is 6.36. The maximum atomic E-state index is 11.3. The van der Waals surface area contributed by atoms with Crippen LogP contribution in [0.15, 0.2) is 18.5 Å². The summed E-state index contributed by atoms with van der Waals surface area (Å²) in [6, 6.07) is 1.70. The van der Waals surface area contributed by atoms with Crippen LogP contribution >= 0.6 is 0 Å². The molecule has 0 aliphatic rings. The minimum absolute atomic E-state index is 0.101. The summed E-state index contributed by atoms with van der Waals surface area (Å²) in [4.78, 5) is 21.5. The number of aromatic nitrogens is 2. The second-order valence-corrected chi connectivity index (χ2v) is 3.58. The number of hydrogen-bond acceptors (Lipinski definition) is 4. The van der Waals surface area contributed by atoms with Gasteiger partial charge in [-0.3, -0.25) is 9.48 Å². The van der Waals surface area contributed by atoms with Gasteiger partial charge in [0.2, 0.25) is 5.91 Å². The Morgan fingerprint density at radius 1 is 1.53 bits per heavy atom. The van der Waals surface area contributed by atoms with E-state index in [0.717, 1.165) is 0 Å². The van der Waals surface area contributed by atoms with Gasteiger partial charge >= 0.3 is 5.97 Å². The first-order chi connectivity index (χ1) is 8.08. The summed E-state index contributed by atoms with van der Waals surface area (Å²) in [5.41, 5.74) is 0.